The highest BCUT2D eigenvalue weighted by atomic mass is 16.3. The fraction of sp³-hybridized carbons (Fsp3) is 0.909. The molecule has 2 aliphatic carbocycles. The first-order valence-electron chi connectivity index (χ1n) is 5.72. The predicted octanol–water partition coefficient (Wildman–Crippen LogP) is 1.06. The third-order valence-electron chi connectivity index (χ3n) is 3.42. The molecule has 2 fully saturated rings. The van der Waals surface area contributed by atoms with E-state index in [1.165, 1.54) is 12.8 Å². The monoisotopic (exact) mass is 197 g/mol. The molecular formula is C11H19NO2. The Hall–Kier alpha value is -0.570. The molecule has 0 aromatic carbocycles. The second-order valence-electron chi connectivity index (χ2n) is 4.62. The van der Waals surface area contributed by atoms with Crippen LogP contribution in [-0.4, -0.2) is 23.7 Å². The molecule has 0 saturated heterocycles. The molecule has 0 radical (unpaired) electrons. The molecule has 3 heteroatoms. The quantitative estimate of drug-likeness (QED) is 0.711. The van der Waals surface area contributed by atoms with Gasteiger partial charge in [0.15, 0.2) is 0 Å². The van der Waals surface area contributed by atoms with Crippen LogP contribution in [-0.2, 0) is 4.79 Å². The molecule has 0 heterocycles. The number of aliphatic hydroxyl groups excluding tert-OH is 1. The number of hydrogen-bond acceptors (Lipinski definition) is 2. The second-order valence-corrected chi connectivity index (χ2v) is 4.62. The summed E-state index contributed by atoms with van der Waals surface area (Å²) < 4.78 is 0. The van der Waals surface area contributed by atoms with E-state index in [9.17, 15) is 9.90 Å². The molecule has 2 N–H and O–H groups in total. The third kappa shape index (κ3) is 2.27. The summed E-state index contributed by atoms with van der Waals surface area (Å²) in [7, 11) is 0. The van der Waals surface area contributed by atoms with Gasteiger partial charge < -0.3 is 10.4 Å². The number of amides is 1. The largest absolute Gasteiger partial charge is 0.396 e. The average molecular weight is 197 g/mol. The Morgan fingerprint density at radius 2 is 1.93 bits per heavy atom. The van der Waals surface area contributed by atoms with Gasteiger partial charge in [-0.25, -0.2) is 0 Å². The lowest BCUT2D eigenvalue weighted by atomic mass is 9.85. The number of aliphatic hydroxyl groups is 1. The molecule has 2 atom stereocenters. The van der Waals surface area contributed by atoms with Crippen LogP contribution in [0.1, 0.15) is 38.5 Å². The van der Waals surface area contributed by atoms with E-state index in [2.05, 4.69) is 5.32 Å². The van der Waals surface area contributed by atoms with E-state index in [0.29, 0.717) is 5.92 Å². The van der Waals surface area contributed by atoms with Crippen molar-refractivity contribution in [2.75, 3.05) is 6.61 Å². The standard InChI is InChI=1S/C11H19NO2/c13-7-9-3-1-2-4-10(9)12-11(14)8-5-6-8/h8-10,13H,1-7H2,(H,12,14). The van der Waals surface area contributed by atoms with Crippen LogP contribution in [0.15, 0.2) is 0 Å². The SMILES string of the molecule is O=C(NC1CCCCC1CO)C1CC1. The number of rotatable bonds is 3. The van der Waals surface area contributed by atoms with E-state index in [-0.39, 0.29) is 24.5 Å². The maximum Gasteiger partial charge on any atom is 0.223 e. The molecule has 0 aromatic heterocycles. The molecule has 1 amide bonds. The lowest BCUT2D eigenvalue weighted by molar-refractivity contribution is -0.123. The Labute approximate surface area is 84.9 Å². The van der Waals surface area contributed by atoms with Crippen molar-refractivity contribution >= 4 is 5.91 Å². The van der Waals surface area contributed by atoms with E-state index in [4.69, 9.17) is 0 Å². The smallest absolute Gasteiger partial charge is 0.223 e. The normalized spacial score (nSPS) is 32.6. The van der Waals surface area contributed by atoms with Crippen LogP contribution in [0.25, 0.3) is 0 Å². The summed E-state index contributed by atoms with van der Waals surface area (Å²) in [5.74, 6) is 0.804. The van der Waals surface area contributed by atoms with Crippen molar-refractivity contribution in [1.82, 2.24) is 5.32 Å². The summed E-state index contributed by atoms with van der Waals surface area (Å²) in [6, 6.07) is 0.238. The molecule has 14 heavy (non-hydrogen) atoms. The highest BCUT2D eigenvalue weighted by Gasteiger charge is 2.33. The molecule has 0 spiro atoms. The molecule has 80 valence electrons. The van der Waals surface area contributed by atoms with Gasteiger partial charge in [0.25, 0.3) is 0 Å². The van der Waals surface area contributed by atoms with Crippen LogP contribution < -0.4 is 5.32 Å². The molecular weight excluding hydrogens is 178 g/mol. The zero-order valence-electron chi connectivity index (χ0n) is 8.54. The van der Waals surface area contributed by atoms with Crippen LogP contribution in [0.3, 0.4) is 0 Å². The summed E-state index contributed by atoms with van der Waals surface area (Å²) in [6.07, 6.45) is 6.60. The van der Waals surface area contributed by atoms with E-state index in [1.54, 1.807) is 0 Å². The lowest BCUT2D eigenvalue weighted by Crippen LogP contribution is -2.44. The molecule has 2 aliphatic rings. The summed E-state index contributed by atoms with van der Waals surface area (Å²) in [5, 5.41) is 12.3. The van der Waals surface area contributed by atoms with Crippen LogP contribution in [0.2, 0.25) is 0 Å². The predicted molar refractivity (Wildman–Crippen MR) is 53.7 cm³/mol. The van der Waals surface area contributed by atoms with Gasteiger partial charge in [-0.15, -0.1) is 0 Å². The molecule has 0 aliphatic heterocycles. The summed E-state index contributed by atoms with van der Waals surface area (Å²) >= 11 is 0. The Balaban J connectivity index is 1.83. The highest BCUT2D eigenvalue weighted by Crippen LogP contribution is 2.30. The first-order valence-corrected chi connectivity index (χ1v) is 5.72. The fourth-order valence-electron chi connectivity index (χ4n) is 2.26. The van der Waals surface area contributed by atoms with Crippen LogP contribution in [0.5, 0.6) is 0 Å². The zero-order chi connectivity index (χ0) is 9.97. The van der Waals surface area contributed by atoms with E-state index in [0.717, 1.165) is 25.7 Å². The van der Waals surface area contributed by atoms with Crippen molar-refractivity contribution in [2.45, 2.75) is 44.6 Å². The van der Waals surface area contributed by atoms with Gasteiger partial charge in [-0.2, -0.15) is 0 Å². The minimum atomic E-state index is 0.218. The third-order valence-corrected chi connectivity index (χ3v) is 3.42. The number of carbonyl (C=O) groups excluding carboxylic acids is 1. The average Bonchev–Trinajstić information content (AvgIpc) is 3.02. The van der Waals surface area contributed by atoms with Gasteiger partial charge >= 0.3 is 0 Å². The van der Waals surface area contributed by atoms with Gasteiger partial charge in [0.2, 0.25) is 5.91 Å². The van der Waals surface area contributed by atoms with Crippen molar-refractivity contribution < 1.29 is 9.90 Å². The van der Waals surface area contributed by atoms with Crippen molar-refractivity contribution in [3.05, 3.63) is 0 Å². The van der Waals surface area contributed by atoms with E-state index < -0.39 is 0 Å². The van der Waals surface area contributed by atoms with Gasteiger partial charge in [-0.1, -0.05) is 12.8 Å². The Bertz CT molecular complexity index is 213. The van der Waals surface area contributed by atoms with Crippen molar-refractivity contribution in [3.8, 4) is 0 Å². The Kier molecular flexibility index (Phi) is 3.06. The maximum absolute atomic E-state index is 11.5. The maximum atomic E-state index is 11.5. The van der Waals surface area contributed by atoms with Crippen LogP contribution in [0.4, 0.5) is 0 Å². The minimum absolute atomic E-state index is 0.218. The lowest BCUT2D eigenvalue weighted by Gasteiger charge is -2.30. The first kappa shape index (κ1) is 9.97. The van der Waals surface area contributed by atoms with Gasteiger partial charge in [0, 0.05) is 24.5 Å². The molecule has 3 nitrogen and oxygen atoms in total. The van der Waals surface area contributed by atoms with Gasteiger partial charge in [-0.05, 0) is 25.7 Å². The van der Waals surface area contributed by atoms with Gasteiger partial charge in [0.1, 0.15) is 0 Å². The molecule has 2 rings (SSSR count). The Morgan fingerprint density at radius 1 is 1.21 bits per heavy atom. The van der Waals surface area contributed by atoms with Crippen LogP contribution in [0, 0.1) is 11.8 Å². The number of carbonyl (C=O) groups is 1. The topological polar surface area (TPSA) is 49.3 Å². The fourth-order valence-corrected chi connectivity index (χ4v) is 2.26. The van der Waals surface area contributed by atoms with Crippen molar-refractivity contribution in [2.24, 2.45) is 11.8 Å². The van der Waals surface area contributed by atoms with E-state index >= 15 is 0 Å². The van der Waals surface area contributed by atoms with Gasteiger partial charge in [-0.3, -0.25) is 4.79 Å². The number of nitrogens with one attached hydrogen (secondary N) is 1. The first-order chi connectivity index (χ1) is 6.81. The van der Waals surface area contributed by atoms with Crippen molar-refractivity contribution in [1.29, 1.82) is 0 Å². The summed E-state index contributed by atoms with van der Waals surface area (Å²) in [6.45, 7) is 0.218. The summed E-state index contributed by atoms with van der Waals surface area (Å²) in [5.41, 5.74) is 0. The number of hydrogen-bond donors (Lipinski definition) is 2. The van der Waals surface area contributed by atoms with E-state index in [1.807, 2.05) is 0 Å². The van der Waals surface area contributed by atoms with Crippen molar-refractivity contribution in [3.63, 3.8) is 0 Å². The minimum Gasteiger partial charge on any atom is -0.396 e. The summed E-state index contributed by atoms with van der Waals surface area (Å²) in [4.78, 5) is 11.5. The second kappa shape index (κ2) is 4.30. The molecule has 0 aromatic rings. The highest BCUT2D eigenvalue weighted by molar-refractivity contribution is 5.81. The molecule has 2 unspecified atom stereocenters. The Morgan fingerprint density at radius 3 is 2.57 bits per heavy atom. The zero-order valence-corrected chi connectivity index (χ0v) is 8.54. The van der Waals surface area contributed by atoms with Crippen LogP contribution >= 0.6 is 0 Å². The molecule has 0 bridgehead atoms. The molecule has 2 saturated carbocycles. The van der Waals surface area contributed by atoms with Gasteiger partial charge in [0.05, 0.1) is 0 Å².